The Morgan fingerprint density at radius 3 is 2.36 bits per heavy atom. The summed E-state index contributed by atoms with van der Waals surface area (Å²) in [6.07, 6.45) is 1.41. The lowest BCUT2D eigenvalue weighted by Gasteiger charge is -2.30. The van der Waals surface area contributed by atoms with Crippen molar-refractivity contribution in [2.45, 2.75) is 18.8 Å². The summed E-state index contributed by atoms with van der Waals surface area (Å²) in [7, 11) is 0. The topological polar surface area (TPSA) is 59.2 Å². The largest absolute Gasteiger partial charge is 0.339 e. The van der Waals surface area contributed by atoms with Crippen LogP contribution >= 0.6 is 11.6 Å². The average Bonchev–Trinajstić information content (AvgIpc) is 3.34. The van der Waals surface area contributed by atoms with Crippen molar-refractivity contribution in [2.75, 3.05) is 13.1 Å². The van der Waals surface area contributed by atoms with E-state index in [0.29, 0.717) is 42.4 Å². The molecule has 0 atom stereocenters. The molecule has 7 heteroatoms. The number of rotatable bonds is 4. The van der Waals surface area contributed by atoms with E-state index in [4.69, 9.17) is 16.1 Å². The number of piperidine rings is 1. The second kappa shape index (κ2) is 9.16. The van der Waals surface area contributed by atoms with Gasteiger partial charge in [0.25, 0.3) is 5.91 Å². The summed E-state index contributed by atoms with van der Waals surface area (Å²) >= 11 is 5.81. The Morgan fingerprint density at radius 2 is 1.67 bits per heavy atom. The number of halogens is 2. The van der Waals surface area contributed by atoms with Crippen molar-refractivity contribution < 1.29 is 13.7 Å². The smallest absolute Gasteiger partial charge is 0.253 e. The van der Waals surface area contributed by atoms with Gasteiger partial charge in [0.2, 0.25) is 11.7 Å². The Morgan fingerprint density at radius 1 is 0.970 bits per heavy atom. The van der Waals surface area contributed by atoms with Crippen molar-refractivity contribution >= 4 is 17.5 Å². The first-order valence-corrected chi connectivity index (χ1v) is 11.2. The fourth-order valence-electron chi connectivity index (χ4n) is 4.13. The molecule has 166 valence electrons. The van der Waals surface area contributed by atoms with E-state index in [9.17, 15) is 9.18 Å². The zero-order valence-electron chi connectivity index (χ0n) is 17.7. The highest BCUT2D eigenvalue weighted by molar-refractivity contribution is 6.30. The second-order valence-corrected chi connectivity index (χ2v) is 8.53. The molecule has 33 heavy (non-hydrogen) atoms. The molecule has 2 heterocycles. The van der Waals surface area contributed by atoms with Gasteiger partial charge < -0.3 is 9.42 Å². The van der Waals surface area contributed by atoms with Crippen LogP contribution in [0.3, 0.4) is 0 Å². The molecule has 0 spiro atoms. The third kappa shape index (κ3) is 4.52. The zero-order chi connectivity index (χ0) is 22.8. The van der Waals surface area contributed by atoms with Crippen molar-refractivity contribution in [3.05, 3.63) is 95.1 Å². The van der Waals surface area contributed by atoms with Crippen LogP contribution in [0.2, 0.25) is 5.02 Å². The first kappa shape index (κ1) is 21.3. The van der Waals surface area contributed by atoms with Gasteiger partial charge in [0.1, 0.15) is 5.82 Å². The monoisotopic (exact) mass is 461 g/mol. The number of hydrogen-bond donors (Lipinski definition) is 0. The standard InChI is InChI=1S/C26H21ClFN3O2/c27-21-10-11-22(23(28)16-21)24-29-25(33-30-24)19-12-14-31(15-13-19)26(32)20-8-6-18(7-9-20)17-4-2-1-3-5-17/h1-11,16,19H,12-15H2. The fraction of sp³-hybridized carbons (Fsp3) is 0.192. The van der Waals surface area contributed by atoms with Gasteiger partial charge >= 0.3 is 0 Å². The first-order valence-electron chi connectivity index (χ1n) is 10.8. The number of hydrogen-bond acceptors (Lipinski definition) is 4. The molecule has 0 radical (unpaired) electrons. The lowest BCUT2D eigenvalue weighted by atomic mass is 9.96. The summed E-state index contributed by atoms with van der Waals surface area (Å²) in [5.74, 6) is 0.233. The third-order valence-corrected chi connectivity index (χ3v) is 6.22. The molecule has 5 rings (SSSR count). The van der Waals surface area contributed by atoms with Crippen LogP contribution in [0.5, 0.6) is 0 Å². The highest BCUT2D eigenvalue weighted by Gasteiger charge is 2.28. The van der Waals surface area contributed by atoms with Crippen molar-refractivity contribution in [2.24, 2.45) is 0 Å². The molecule has 5 nitrogen and oxygen atoms in total. The molecular formula is C26H21ClFN3O2. The van der Waals surface area contributed by atoms with E-state index in [0.717, 1.165) is 11.1 Å². The Bertz CT molecular complexity index is 1270. The lowest BCUT2D eigenvalue weighted by Crippen LogP contribution is -2.38. The molecule has 3 aromatic carbocycles. The quantitative estimate of drug-likeness (QED) is 0.362. The number of amides is 1. The van der Waals surface area contributed by atoms with E-state index in [2.05, 4.69) is 10.1 Å². The normalized spacial score (nSPS) is 14.4. The van der Waals surface area contributed by atoms with Crippen molar-refractivity contribution in [3.63, 3.8) is 0 Å². The van der Waals surface area contributed by atoms with E-state index >= 15 is 0 Å². The predicted octanol–water partition coefficient (Wildman–Crippen LogP) is 6.22. The van der Waals surface area contributed by atoms with Gasteiger partial charge in [-0.1, -0.05) is 59.2 Å². The Balaban J connectivity index is 1.22. The summed E-state index contributed by atoms with van der Waals surface area (Å²) < 4.78 is 19.6. The highest BCUT2D eigenvalue weighted by Crippen LogP contribution is 2.30. The molecule has 0 bridgehead atoms. The van der Waals surface area contributed by atoms with Crippen LogP contribution in [0, 0.1) is 5.82 Å². The van der Waals surface area contributed by atoms with Crippen LogP contribution < -0.4 is 0 Å². The van der Waals surface area contributed by atoms with E-state index in [1.165, 1.54) is 12.1 Å². The molecule has 1 aliphatic rings. The number of aromatic nitrogens is 2. The molecule has 0 N–H and O–H groups in total. The van der Waals surface area contributed by atoms with Crippen LogP contribution in [0.15, 0.2) is 77.3 Å². The molecule has 4 aromatic rings. The van der Waals surface area contributed by atoms with Crippen molar-refractivity contribution in [1.29, 1.82) is 0 Å². The summed E-state index contributed by atoms with van der Waals surface area (Å²) in [5, 5.41) is 4.25. The van der Waals surface area contributed by atoms with Crippen molar-refractivity contribution in [1.82, 2.24) is 15.0 Å². The molecule has 0 unspecified atom stereocenters. The van der Waals surface area contributed by atoms with E-state index in [1.54, 1.807) is 6.07 Å². The lowest BCUT2D eigenvalue weighted by molar-refractivity contribution is 0.0704. The maximum atomic E-state index is 14.2. The van der Waals surface area contributed by atoms with Crippen LogP contribution in [0.4, 0.5) is 4.39 Å². The van der Waals surface area contributed by atoms with Gasteiger partial charge in [-0.2, -0.15) is 4.98 Å². The zero-order valence-corrected chi connectivity index (χ0v) is 18.5. The number of nitrogens with zero attached hydrogens (tertiary/aromatic N) is 3. The highest BCUT2D eigenvalue weighted by atomic mass is 35.5. The number of likely N-dealkylation sites (tertiary alicyclic amines) is 1. The number of carbonyl (C=O) groups is 1. The van der Waals surface area contributed by atoms with Gasteiger partial charge in [0.15, 0.2) is 0 Å². The number of carbonyl (C=O) groups excluding carboxylic acids is 1. The molecule has 1 amide bonds. The molecule has 1 aromatic heterocycles. The molecule has 0 saturated carbocycles. The Kier molecular flexibility index (Phi) is 5.92. The van der Waals surface area contributed by atoms with Crippen molar-refractivity contribution in [3.8, 4) is 22.5 Å². The molecule has 1 saturated heterocycles. The van der Waals surface area contributed by atoms with Gasteiger partial charge in [-0.3, -0.25) is 4.79 Å². The van der Waals surface area contributed by atoms with E-state index in [-0.39, 0.29) is 23.2 Å². The Labute approximate surface area is 195 Å². The minimum absolute atomic E-state index is 0.0162. The predicted molar refractivity (Wildman–Crippen MR) is 124 cm³/mol. The molecular weight excluding hydrogens is 441 g/mol. The van der Waals surface area contributed by atoms with Gasteiger partial charge in [0.05, 0.1) is 5.56 Å². The third-order valence-electron chi connectivity index (χ3n) is 5.98. The average molecular weight is 462 g/mol. The number of benzene rings is 3. The van der Waals surface area contributed by atoms with Gasteiger partial charge in [-0.05, 0) is 54.3 Å². The van der Waals surface area contributed by atoms with Crippen LogP contribution in [-0.2, 0) is 0 Å². The van der Waals surface area contributed by atoms with E-state index < -0.39 is 5.82 Å². The Hall–Kier alpha value is -3.51. The van der Waals surface area contributed by atoms with Crippen LogP contribution in [-0.4, -0.2) is 34.0 Å². The summed E-state index contributed by atoms with van der Waals surface area (Å²) in [6.45, 7) is 1.19. The molecule has 1 fully saturated rings. The van der Waals surface area contributed by atoms with Crippen LogP contribution in [0.1, 0.15) is 35.0 Å². The van der Waals surface area contributed by atoms with Crippen LogP contribution in [0.25, 0.3) is 22.5 Å². The molecule has 0 aliphatic carbocycles. The summed E-state index contributed by atoms with van der Waals surface area (Å²) in [5.41, 5.74) is 3.12. The van der Waals surface area contributed by atoms with E-state index in [1.807, 2.05) is 59.5 Å². The summed E-state index contributed by atoms with van der Waals surface area (Å²) in [4.78, 5) is 19.2. The second-order valence-electron chi connectivity index (χ2n) is 8.09. The summed E-state index contributed by atoms with van der Waals surface area (Å²) in [6, 6.07) is 22.1. The fourth-order valence-corrected chi connectivity index (χ4v) is 4.29. The van der Waals surface area contributed by atoms with Gasteiger partial charge in [0, 0.05) is 29.6 Å². The van der Waals surface area contributed by atoms with Gasteiger partial charge in [-0.25, -0.2) is 4.39 Å². The van der Waals surface area contributed by atoms with Gasteiger partial charge in [-0.15, -0.1) is 0 Å². The molecule has 1 aliphatic heterocycles. The maximum absolute atomic E-state index is 14.2. The SMILES string of the molecule is O=C(c1ccc(-c2ccccc2)cc1)N1CCC(c2nc(-c3ccc(Cl)cc3F)no2)CC1. The maximum Gasteiger partial charge on any atom is 0.253 e. The minimum atomic E-state index is -0.492. The first-order chi connectivity index (χ1) is 16.1. The minimum Gasteiger partial charge on any atom is -0.339 e.